The van der Waals surface area contributed by atoms with Gasteiger partial charge < -0.3 is 9.30 Å². The van der Waals surface area contributed by atoms with Crippen molar-refractivity contribution in [2.75, 3.05) is 14.1 Å². The molecule has 0 fully saturated rings. The number of fused-ring (bicyclic) bond motifs is 1. The zero-order chi connectivity index (χ0) is 22.1. The third kappa shape index (κ3) is 4.19. The van der Waals surface area contributed by atoms with Crippen LogP contribution in [0.2, 0.25) is 0 Å². The van der Waals surface area contributed by atoms with Crippen LogP contribution in [0.1, 0.15) is 29.5 Å². The van der Waals surface area contributed by atoms with Crippen molar-refractivity contribution in [1.29, 1.82) is 0 Å². The number of hydrogen-bond acceptors (Lipinski definition) is 5. The second kappa shape index (κ2) is 8.49. The molecular formula is C20H21F2N3O4S. The smallest absolute Gasteiger partial charge is 0.338 e. The summed E-state index contributed by atoms with van der Waals surface area (Å²) in [6.07, 6.45) is 0.771. The minimum atomic E-state index is -3.62. The number of carbonyl (C=O) groups excluding carboxylic acids is 1. The molecule has 30 heavy (non-hydrogen) atoms. The summed E-state index contributed by atoms with van der Waals surface area (Å²) in [5.74, 6) is -2.60. The number of aromatic nitrogens is 2. The van der Waals surface area contributed by atoms with E-state index in [-0.39, 0.29) is 17.1 Å². The quantitative estimate of drug-likeness (QED) is 0.530. The predicted octanol–water partition coefficient (Wildman–Crippen LogP) is 3.33. The van der Waals surface area contributed by atoms with Gasteiger partial charge in [-0.1, -0.05) is 6.92 Å². The first-order chi connectivity index (χ1) is 14.1. The molecule has 1 heterocycles. The molecule has 0 atom stereocenters. The minimum absolute atomic E-state index is 0.103. The first kappa shape index (κ1) is 21.8. The van der Waals surface area contributed by atoms with E-state index in [0.717, 1.165) is 28.9 Å². The van der Waals surface area contributed by atoms with Gasteiger partial charge in [0.2, 0.25) is 10.0 Å². The highest BCUT2D eigenvalue weighted by Crippen LogP contribution is 2.23. The second-order valence-electron chi connectivity index (χ2n) is 6.82. The minimum Gasteiger partial charge on any atom is -0.454 e. The van der Waals surface area contributed by atoms with Crippen LogP contribution in [0.4, 0.5) is 8.78 Å². The molecule has 1 aromatic heterocycles. The first-order valence-corrected chi connectivity index (χ1v) is 10.6. The Morgan fingerprint density at radius 1 is 1.13 bits per heavy atom. The van der Waals surface area contributed by atoms with Crippen LogP contribution in [0.15, 0.2) is 41.3 Å². The fraction of sp³-hybridized carbons (Fsp3) is 0.300. The maximum absolute atomic E-state index is 13.3. The van der Waals surface area contributed by atoms with Gasteiger partial charge in [0, 0.05) is 20.6 Å². The Morgan fingerprint density at radius 2 is 1.87 bits per heavy atom. The number of halogens is 2. The number of ether oxygens (including phenoxy) is 1. The highest BCUT2D eigenvalue weighted by molar-refractivity contribution is 7.89. The van der Waals surface area contributed by atoms with E-state index in [1.54, 1.807) is 6.07 Å². The van der Waals surface area contributed by atoms with Gasteiger partial charge in [-0.15, -0.1) is 0 Å². The van der Waals surface area contributed by atoms with E-state index in [1.807, 2.05) is 11.5 Å². The molecule has 0 saturated heterocycles. The largest absolute Gasteiger partial charge is 0.454 e. The van der Waals surface area contributed by atoms with Gasteiger partial charge in [-0.2, -0.15) is 0 Å². The van der Waals surface area contributed by atoms with Gasteiger partial charge in [-0.25, -0.2) is 31.3 Å². The van der Waals surface area contributed by atoms with Gasteiger partial charge in [0.05, 0.1) is 21.5 Å². The summed E-state index contributed by atoms with van der Waals surface area (Å²) >= 11 is 0. The van der Waals surface area contributed by atoms with E-state index >= 15 is 0 Å². The predicted molar refractivity (Wildman–Crippen MR) is 106 cm³/mol. The van der Waals surface area contributed by atoms with Crippen molar-refractivity contribution in [3.63, 3.8) is 0 Å². The zero-order valence-electron chi connectivity index (χ0n) is 16.7. The standard InChI is InChI=1S/C20H21F2N3O4S/c1-4-9-25-18-8-6-14(30(27,28)24(2)3)11-17(18)23-19(25)12-29-20(26)13-5-7-15(21)16(22)10-13/h5-8,10-11H,4,9,12H2,1-3H3. The van der Waals surface area contributed by atoms with Crippen molar-refractivity contribution in [3.05, 3.63) is 59.4 Å². The van der Waals surface area contributed by atoms with Crippen LogP contribution in [0.5, 0.6) is 0 Å². The average Bonchev–Trinajstić information content (AvgIpc) is 3.05. The number of imidazole rings is 1. The molecule has 0 radical (unpaired) electrons. The van der Waals surface area contributed by atoms with Crippen LogP contribution >= 0.6 is 0 Å². The van der Waals surface area contributed by atoms with Crippen molar-refractivity contribution >= 4 is 27.0 Å². The van der Waals surface area contributed by atoms with E-state index in [0.29, 0.717) is 23.4 Å². The van der Waals surface area contributed by atoms with Gasteiger partial charge in [0.25, 0.3) is 0 Å². The summed E-state index contributed by atoms with van der Waals surface area (Å²) in [4.78, 5) is 16.7. The molecule has 3 rings (SSSR count). The van der Waals surface area contributed by atoms with E-state index in [2.05, 4.69) is 4.98 Å². The van der Waals surface area contributed by atoms with Gasteiger partial charge in [0.15, 0.2) is 11.6 Å². The number of aryl methyl sites for hydroxylation is 1. The third-order valence-electron chi connectivity index (χ3n) is 4.51. The normalized spacial score (nSPS) is 11.9. The number of hydrogen-bond donors (Lipinski definition) is 0. The van der Waals surface area contributed by atoms with Crippen LogP contribution in [0, 0.1) is 11.6 Å². The maximum Gasteiger partial charge on any atom is 0.338 e. The van der Waals surface area contributed by atoms with Crippen molar-refractivity contribution in [2.24, 2.45) is 0 Å². The van der Waals surface area contributed by atoms with Crippen molar-refractivity contribution in [2.45, 2.75) is 31.4 Å². The summed E-state index contributed by atoms with van der Waals surface area (Å²) < 4.78 is 59.3. The fourth-order valence-electron chi connectivity index (χ4n) is 2.95. The lowest BCUT2D eigenvalue weighted by Gasteiger charge is -2.11. The lowest BCUT2D eigenvalue weighted by Crippen LogP contribution is -2.22. The molecule has 0 aliphatic rings. The highest BCUT2D eigenvalue weighted by atomic mass is 32.2. The number of benzene rings is 2. The van der Waals surface area contributed by atoms with Gasteiger partial charge in [-0.05, 0) is 42.8 Å². The molecule has 3 aromatic rings. The van der Waals surface area contributed by atoms with Gasteiger partial charge in [-0.3, -0.25) is 0 Å². The van der Waals surface area contributed by atoms with Crippen LogP contribution in [0.25, 0.3) is 11.0 Å². The molecule has 2 aromatic carbocycles. The molecule has 0 unspecified atom stereocenters. The Labute approximate surface area is 172 Å². The van der Waals surface area contributed by atoms with E-state index in [1.165, 1.54) is 26.2 Å². The number of nitrogens with zero attached hydrogens (tertiary/aromatic N) is 3. The molecule has 0 aliphatic carbocycles. The van der Waals surface area contributed by atoms with E-state index in [4.69, 9.17) is 4.74 Å². The molecule has 0 N–H and O–H groups in total. The summed E-state index contributed by atoms with van der Waals surface area (Å²) in [6.45, 7) is 2.34. The fourth-order valence-corrected chi connectivity index (χ4v) is 3.87. The molecule has 0 bridgehead atoms. The number of rotatable bonds is 7. The van der Waals surface area contributed by atoms with Crippen LogP contribution in [-0.4, -0.2) is 42.3 Å². The van der Waals surface area contributed by atoms with Crippen LogP contribution in [-0.2, 0) is 27.9 Å². The van der Waals surface area contributed by atoms with E-state index < -0.39 is 27.6 Å². The molecule has 0 aliphatic heterocycles. The number of sulfonamides is 1. The Balaban J connectivity index is 1.91. The summed E-state index contributed by atoms with van der Waals surface area (Å²) in [5.41, 5.74) is 1.03. The topological polar surface area (TPSA) is 81.5 Å². The molecule has 7 nitrogen and oxygen atoms in total. The Morgan fingerprint density at radius 3 is 2.50 bits per heavy atom. The monoisotopic (exact) mass is 437 g/mol. The maximum atomic E-state index is 13.3. The Bertz CT molecular complexity index is 1210. The first-order valence-electron chi connectivity index (χ1n) is 9.19. The molecule has 160 valence electrons. The van der Waals surface area contributed by atoms with Crippen LogP contribution < -0.4 is 0 Å². The molecule has 0 saturated carbocycles. The summed E-state index contributed by atoms with van der Waals surface area (Å²) in [5, 5.41) is 0. The zero-order valence-corrected chi connectivity index (χ0v) is 17.5. The average molecular weight is 437 g/mol. The molecule has 0 amide bonds. The molecule has 0 spiro atoms. The SMILES string of the molecule is CCCn1c(COC(=O)c2ccc(F)c(F)c2)nc2cc(S(=O)(=O)N(C)C)ccc21. The van der Waals surface area contributed by atoms with Crippen molar-refractivity contribution in [3.8, 4) is 0 Å². The van der Waals surface area contributed by atoms with Gasteiger partial charge >= 0.3 is 5.97 Å². The number of carbonyl (C=O) groups is 1. The lowest BCUT2D eigenvalue weighted by molar-refractivity contribution is 0.0458. The molecular weight excluding hydrogens is 416 g/mol. The van der Waals surface area contributed by atoms with Crippen molar-refractivity contribution in [1.82, 2.24) is 13.9 Å². The Hall–Kier alpha value is -2.85. The Kier molecular flexibility index (Phi) is 6.18. The lowest BCUT2D eigenvalue weighted by atomic mass is 10.2. The summed E-state index contributed by atoms with van der Waals surface area (Å²) in [6, 6.07) is 7.39. The second-order valence-corrected chi connectivity index (χ2v) is 8.97. The molecule has 10 heteroatoms. The number of esters is 1. The van der Waals surface area contributed by atoms with Crippen LogP contribution in [0.3, 0.4) is 0 Å². The summed E-state index contributed by atoms with van der Waals surface area (Å²) in [7, 11) is -0.735. The van der Waals surface area contributed by atoms with E-state index in [9.17, 15) is 22.0 Å². The highest BCUT2D eigenvalue weighted by Gasteiger charge is 2.20. The van der Waals surface area contributed by atoms with Gasteiger partial charge in [0.1, 0.15) is 12.4 Å². The third-order valence-corrected chi connectivity index (χ3v) is 6.32. The van der Waals surface area contributed by atoms with Crippen molar-refractivity contribution < 1.29 is 26.7 Å².